The Hall–Kier alpha value is -2.89. The van der Waals surface area contributed by atoms with Crippen LogP contribution in [-0.2, 0) is 6.42 Å². The van der Waals surface area contributed by atoms with Gasteiger partial charge in [-0.3, -0.25) is 0 Å². The molecule has 6 heteroatoms. The van der Waals surface area contributed by atoms with Crippen molar-refractivity contribution in [3.8, 4) is 11.5 Å². The van der Waals surface area contributed by atoms with Crippen LogP contribution in [0.2, 0.25) is 0 Å². The summed E-state index contributed by atoms with van der Waals surface area (Å²) in [6.45, 7) is 3.31. The Labute approximate surface area is 154 Å². The highest BCUT2D eigenvalue weighted by Gasteiger charge is 2.22. The van der Waals surface area contributed by atoms with Gasteiger partial charge in [0.1, 0.15) is 11.5 Å². The Morgan fingerprint density at radius 3 is 2.42 bits per heavy atom. The van der Waals surface area contributed by atoms with E-state index >= 15 is 0 Å². The number of phenols is 1. The highest BCUT2D eigenvalue weighted by molar-refractivity contribution is 5.74. The third-order valence-electron chi connectivity index (χ3n) is 4.64. The van der Waals surface area contributed by atoms with Gasteiger partial charge in [0.15, 0.2) is 0 Å². The van der Waals surface area contributed by atoms with E-state index < -0.39 is 0 Å². The Bertz CT molecular complexity index is 725. The molecule has 2 aromatic carbocycles. The molecule has 0 unspecified atom stereocenters. The molecule has 2 N–H and O–H groups in total. The van der Waals surface area contributed by atoms with Crippen molar-refractivity contribution in [3.05, 3.63) is 54.1 Å². The molecule has 1 saturated heterocycles. The van der Waals surface area contributed by atoms with Crippen LogP contribution in [0.4, 0.5) is 10.5 Å². The standard InChI is InChI=1S/C20H25N3O3/c1-26-17-8-6-16(7-9-17)10-11-21-20(25)23-14-12-22(13-15-23)18-4-2-3-5-19(18)24/h2-9,24H,10-15H2,1H3,(H,21,25). The number of hydrogen-bond donors (Lipinski definition) is 2. The summed E-state index contributed by atoms with van der Waals surface area (Å²) in [5.41, 5.74) is 1.99. The fourth-order valence-corrected chi connectivity index (χ4v) is 3.10. The molecule has 0 saturated carbocycles. The molecule has 0 radical (unpaired) electrons. The number of methoxy groups -OCH3 is 1. The van der Waals surface area contributed by atoms with Gasteiger partial charge in [-0.25, -0.2) is 4.79 Å². The molecule has 1 fully saturated rings. The molecule has 0 atom stereocenters. The minimum absolute atomic E-state index is 0.0320. The molecule has 6 nitrogen and oxygen atoms in total. The third kappa shape index (κ3) is 4.39. The first-order valence-corrected chi connectivity index (χ1v) is 8.86. The molecule has 3 rings (SSSR count). The Kier molecular flexibility index (Phi) is 5.84. The molecule has 0 aliphatic carbocycles. The summed E-state index contributed by atoms with van der Waals surface area (Å²) in [7, 11) is 1.65. The largest absolute Gasteiger partial charge is 0.506 e. The zero-order valence-corrected chi connectivity index (χ0v) is 15.0. The van der Waals surface area contributed by atoms with Crippen LogP contribution in [0, 0.1) is 0 Å². The molecule has 2 aromatic rings. The maximum absolute atomic E-state index is 12.3. The minimum atomic E-state index is -0.0320. The zero-order chi connectivity index (χ0) is 18.4. The van der Waals surface area contributed by atoms with Crippen molar-refractivity contribution in [2.75, 3.05) is 44.7 Å². The topological polar surface area (TPSA) is 65.0 Å². The maximum atomic E-state index is 12.3. The first-order valence-electron chi connectivity index (χ1n) is 8.86. The lowest BCUT2D eigenvalue weighted by atomic mass is 10.1. The molecule has 0 spiro atoms. The van der Waals surface area contributed by atoms with Crippen molar-refractivity contribution < 1.29 is 14.6 Å². The van der Waals surface area contributed by atoms with Crippen LogP contribution in [-0.4, -0.2) is 55.9 Å². The highest BCUT2D eigenvalue weighted by Crippen LogP contribution is 2.27. The molecule has 0 bridgehead atoms. The summed E-state index contributed by atoms with van der Waals surface area (Å²) in [5.74, 6) is 1.12. The van der Waals surface area contributed by atoms with E-state index in [2.05, 4.69) is 10.2 Å². The Balaban J connectivity index is 1.43. The average Bonchev–Trinajstić information content (AvgIpc) is 2.69. The smallest absolute Gasteiger partial charge is 0.317 e. The SMILES string of the molecule is COc1ccc(CCNC(=O)N2CCN(c3ccccc3O)CC2)cc1. The molecule has 1 heterocycles. The van der Waals surface area contributed by atoms with Crippen molar-refractivity contribution in [2.24, 2.45) is 0 Å². The van der Waals surface area contributed by atoms with Crippen LogP contribution >= 0.6 is 0 Å². The van der Waals surface area contributed by atoms with Crippen molar-refractivity contribution >= 4 is 11.7 Å². The fourth-order valence-electron chi connectivity index (χ4n) is 3.10. The summed E-state index contributed by atoms with van der Waals surface area (Å²) < 4.78 is 5.14. The number of nitrogens with zero attached hydrogens (tertiary/aromatic N) is 2. The van der Waals surface area contributed by atoms with Gasteiger partial charge in [0, 0.05) is 32.7 Å². The molecule has 1 aliphatic rings. The predicted octanol–water partition coefficient (Wildman–Crippen LogP) is 2.48. The molecule has 138 valence electrons. The van der Waals surface area contributed by atoms with Gasteiger partial charge in [-0.2, -0.15) is 0 Å². The minimum Gasteiger partial charge on any atom is -0.506 e. The number of rotatable bonds is 5. The first kappa shape index (κ1) is 17.9. The summed E-state index contributed by atoms with van der Waals surface area (Å²) >= 11 is 0. The number of urea groups is 1. The van der Waals surface area contributed by atoms with Crippen LogP contribution in [0.25, 0.3) is 0 Å². The van der Waals surface area contributed by atoms with Crippen LogP contribution < -0.4 is 15.0 Å². The summed E-state index contributed by atoms with van der Waals surface area (Å²) in [4.78, 5) is 16.3. The molecular weight excluding hydrogens is 330 g/mol. The molecular formula is C20H25N3O3. The Morgan fingerprint density at radius 2 is 1.77 bits per heavy atom. The van der Waals surface area contributed by atoms with Crippen molar-refractivity contribution in [1.29, 1.82) is 0 Å². The molecule has 26 heavy (non-hydrogen) atoms. The number of nitrogens with one attached hydrogen (secondary N) is 1. The second kappa shape index (κ2) is 8.47. The second-order valence-electron chi connectivity index (χ2n) is 6.29. The predicted molar refractivity (Wildman–Crippen MR) is 102 cm³/mol. The maximum Gasteiger partial charge on any atom is 0.317 e. The summed E-state index contributed by atoms with van der Waals surface area (Å²) in [6, 6.07) is 15.2. The van der Waals surface area contributed by atoms with Crippen LogP contribution in [0.1, 0.15) is 5.56 Å². The van der Waals surface area contributed by atoms with Gasteiger partial charge in [0.05, 0.1) is 12.8 Å². The van der Waals surface area contributed by atoms with E-state index in [0.717, 1.165) is 23.4 Å². The van der Waals surface area contributed by atoms with Gasteiger partial charge in [0.2, 0.25) is 0 Å². The van der Waals surface area contributed by atoms with Crippen LogP contribution in [0.15, 0.2) is 48.5 Å². The van der Waals surface area contributed by atoms with Gasteiger partial charge in [0.25, 0.3) is 0 Å². The summed E-state index contributed by atoms with van der Waals surface area (Å²) in [5, 5.41) is 12.9. The lowest BCUT2D eigenvalue weighted by Gasteiger charge is -2.36. The van der Waals surface area contributed by atoms with E-state index in [-0.39, 0.29) is 11.8 Å². The van der Waals surface area contributed by atoms with E-state index in [4.69, 9.17) is 4.74 Å². The fraction of sp³-hybridized carbons (Fsp3) is 0.350. The quantitative estimate of drug-likeness (QED) is 0.865. The normalized spacial score (nSPS) is 14.2. The number of carbonyl (C=O) groups excluding carboxylic acids is 1. The van der Waals surface area contributed by atoms with E-state index in [1.54, 1.807) is 13.2 Å². The second-order valence-corrected chi connectivity index (χ2v) is 6.29. The van der Waals surface area contributed by atoms with Crippen LogP contribution in [0.3, 0.4) is 0 Å². The van der Waals surface area contributed by atoms with E-state index in [0.29, 0.717) is 32.7 Å². The Morgan fingerprint density at radius 1 is 1.08 bits per heavy atom. The van der Waals surface area contributed by atoms with Crippen molar-refractivity contribution in [3.63, 3.8) is 0 Å². The number of piperazine rings is 1. The number of aromatic hydroxyl groups is 1. The van der Waals surface area contributed by atoms with Crippen molar-refractivity contribution in [2.45, 2.75) is 6.42 Å². The van der Waals surface area contributed by atoms with Crippen LogP contribution in [0.5, 0.6) is 11.5 Å². The lowest BCUT2D eigenvalue weighted by molar-refractivity contribution is 0.194. The molecule has 1 aliphatic heterocycles. The van der Waals surface area contributed by atoms with E-state index in [1.807, 2.05) is 47.4 Å². The van der Waals surface area contributed by atoms with Gasteiger partial charge in [-0.05, 0) is 36.2 Å². The summed E-state index contributed by atoms with van der Waals surface area (Å²) in [6.07, 6.45) is 0.785. The number of hydrogen-bond acceptors (Lipinski definition) is 4. The number of ether oxygens (including phenoxy) is 1. The van der Waals surface area contributed by atoms with Gasteiger partial charge in [-0.1, -0.05) is 24.3 Å². The highest BCUT2D eigenvalue weighted by atomic mass is 16.5. The van der Waals surface area contributed by atoms with Crippen molar-refractivity contribution in [1.82, 2.24) is 10.2 Å². The number of amides is 2. The monoisotopic (exact) mass is 355 g/mol. The van der Waals surface area contributed by atoms with E-state index in [9.17, 15) is 9.90 Å². The van der Waals surface area contributed by atoms with Gasteiger partial charge in [-0.15, -0.1) is 0 Å². The number of carbonyl (C=O) groups is 1. The zero-order valence-electron chi connectivity index (χ0n) is 15.0. The average molecular weight is 355 g/mol. The molecule has 0 aromatic heterocycles. The van der Waals surface area contributed by atoms with Gasteiger partial charge < -0.3 is 25.0 Å². The third-order valence-corrected chi connectivity index (χ3v) is 4.64. The first-order chi connectivity index (χ1) is 12.7. The number of phenolic OH excluding ortho intramolecular Hbond substituents is 1. The number of anilines is 1. The lowest BCUT2D eigenvalue weighted by Crippen LogP contribution is -2.52. The molecule has 2 amide bonds. The number of benzene rings is 2. The van der Waals surface area contributed by atoms with E-state index in [1.165, 1.54) is 0 Å². The number of para-hydroxylation sites is 2. The van der Waals surface area contributed by atoms with Gasteiger partial charge >= 0.3 is 6.03 Å².